The standard InChI is InChI=1S/C11H16O2S/c1-12-9-10-4-3-5-11(8-10)13-6-7-14-2/h3-5,8H,6-7,9H2,1-2H3. The number of hydrogen-bond donors (Lipinski definition) is 0. The van der Waals surface area contributed by atoms with Gasteiger partial charge in [-0.3, -0.25) is 0 Å². The summed E-state index contributed by atoms with van der Waals surface area (Å²) >= 11 is 1.79. The molecule has 2 nitrogen and oxygen atoms in total. The molecular formula is C11H16O2S. The van der Waals surface area contributed by atoms with Gasteiger partial charge in [0.25, 0.3) is 0 Å². The molecule has 0 aliphatic carbocycles. The molecule has 0 aliphatic rings. The summed E-state index contributed by atoms with van der Waals surface area (Å²) in [4.78, 5) is 0. The molecule has 0 heterocycles. The smallest absolute Gasteiger partial charge is 0.119 e. The fraction of sp³-hybridized carbons (Fsp3) is 0.455. The highest BCUT2D eigenvalue weighted by Gasteiger charge is 1.95. The van der Waals surface area contributed by atoms with Crippen LogP contribution in [0.5, 0.6) is 5.75 Å². The van der Waals surface area contributed by atoms with Gasteiger partial charge in [-0.2, -0.15) is 11.8 Å². The van der Waals surface area contributed by atoms with E-state index in [1.807, 2.05) is 24.3 Å². The highest BCUT2D eigenvalue weighted by atomic mass is 32.2. The first-order valence-corrected chi connectivity index (χ1v) is 5.96. The van der Waals surface area contributed by atoms with Gasteiger partial charge in [0, 0.05) is 12.9 Å². The maximum absolute atomic E-state index is 5.56. The van der Waals surface area contributed by atoms with E-state index >= 15 is 0 Å². The molecule has 0 atom stereocenters. The third-order valence-corrected chi connectivity index (χ3v) is 2.34. The first-order valence-electron chi connectivity index (χ1n) is 4.56. The van der Waals surface area contributed by atoms with Crippen molar-refractivity contribution in [3.05, 3.63) is 29.8 Å². The van der Waals surface area contributed by atoms with E-state index in [2.05, 4.69) is 6.26 Å². The molecule has 0 N–H and O–H groups in total. The van der Waals surface area contributed by atoms with E-state index < -0.39 is 0 Å². The minimum absolute atomic E-state index is 0.639. The molecule has 0 saturated carbocycles. The van der Waals surface area contributed by atoms with Crippen LogP contribution in [-0.4, -0.2) is 25.7 Å². The molecule has 1 aromatic carbocycles. The molecule has 0 spiro atoms. The highest BCUT2D eigenvalue weighted by molar-refractivity contribution is 7.98. The monoisotopic (exact) mass is 212 g/mol. The lowest BCUT2D eigenvalue weighted by Gasteiger charge is -2.06. The molecule has 14 heavy (non-hydrogen) atoms. The number of ether oxygens (including phenoxy) is 2. The Balaban J connectivity index is 2.46. The summed E-state index contributed by atoms with van der Waals surface area (Å²) in [6.07, 6.45) is 2.07. The van der Waals surface area contributed by atoms with E-state index in [1.54, 1.807) is 18.9 Å². The van der Waals surface area contributed by atoms with Crippen LogP contribution in [-0.2, 0) is 11.3 Å². The van der Waals surface area contributed by atoms with Crippen molar-refractivity contribution in [3.63, 3.8) is 0 Å². The van der Waals surface area contributed by atoms with Crippen molar-refractivity contribution in [3.8, 4) is 5.75 Å². The van der Waals surface area contributed by atoms with E-state index in [-0.39, 0.29) is 0 Å². The Kier molecular flexibility index (Phi) is 5.49. The lowest BCUT2D eigenvalue weighted by Crippen LogP contribution is -2.00. The number of benzene rings is 1. The highest BCUT2D eigenvalue weighted by Crippen LogP contribution is 2.14. The maximum atomic E-state index is 5.56. The van der Waals surface area contributed by atoms with E-state index in [0.717, 1.165) is 23.7 Å². The lowest BCUT2D eigenvalue weighted by atomic mass is 10.2. The molecule has 0 amide bonds. The average Bonchev–Trinajstić information content (AvgIpc) is 2.19. The molecule has 0 saturated heterocycles. The zero-order valence-corrected chi connectivity index (χ0v) is 9.47. The Morgan fingerprint density at radius 3 is 2.93 bits per heavy atom. The second-order valence-electron chi connectivity index (χ2n) is 2.92. The van der Waals surface area contributed by atoms with Crippen molar-refractivity contribution in [2.24, 2.45) is 0 Å². The van der Waals surface area contributed by atoms with Crippen LogP contribution in [0.4, 0.5) is 0 Å². The van der Waals surface area contributed by atoms with Crippen LogP contribution in [0.1, 0.15) is 5.56 Å². The molecule has 0 unspecified atom stereocenters. The molecule has 0 fully saturated rings. The first kappa shape index (κ1) is 11.4. The number of methoxy groups -OCH3 is 1. The summed E-state index contributed by atoms with van der Waals surface area (Å²) in [5, 5.41) is 0. The Hall–Kier alpha value is -0.670. The quantitative estimate of drug-likeness (QED) is 0.675. The van der Waals surface area contributed by atoms with Crippen molar-refractivity contribution >= 4 is 11.8 Å². The summed E-state index contributed by atoms with van der Waals surface area (Å²) in [6.45, 7) is 1.40. The van der Waals surface area contributed by atoms with Gasteiger partial charge in [-0.25, -0.2) is 0 Å². The van der Waals surface area contributed by atoms with Gasteiger partial charge in [0.15, 0.2) is 0 Å². The summed E-state index contributed by atoms with van der Waals surface area (Å²) < 4.78 is 10.6. The van der Waals surface area contributed by atoms with Crippen molar-refractivity contribution in [2.45, 2.75) is 6.61 Å². The fourth-order valence-electron chi connectivity index (χ4n) is 1.13. The maximum Gasteiger partial charge on any atom is 0.119 e. The minimum atomic E-state index is 0.639. The van der Waals surface area contributed by atoms with Crippen LogP contribution in [0.15, 0.2) is 24.3 Å². The van der Waals surface area contributed by atoms with Crippen LogP contribution in [0.3, 0.4) is 0 Å². The summed E-state index contributed by atoms with van der Waals surface area (Å²) in [6, 6.07) is 8.01. The molecule has 1 aromatic rings. The third-order valence-electron chi connectivity index (χ3n) is 1.77. The minimum Gasteiger partial charge on any atom is -0.493 e. The van der Waals surface area contributed by atoms with E-state index in [1.165, 1.54) is 0 Å². The van der Waals surface area contributed by atoms with Crippen LogP contribution in [0.25, 0.3) is 0 Å². The largest absolute Gasteiger partial charge is 0.493 e. The topological polar surface area (TPSA) is 18.5 Å². The van der Waals surface area contributed by atoms with Gasteiger partial charge >= 0.3 is 0 Å². The van der Waals surface area contributed by atoms with Crippen molar-refractivity contribution < 1.29 is 9.47 Å². The Morgan fingerprint density at radius 1 is 1.36 bits per heavy atom. The van der Waals surface area contributed by atoms with Gasteiger partial charge in [-0.05, 0) is 24.0 Å². The molecular weight excluding hydrogens is 196 g/mol. The van der Waals surface area contributed by atoms with Gasteiger partial charge in [-0.1, -0.05) is 12.1 Å². The first-order chi connectivity index (χ1) is 6.86. The molecule has 1 rings (SSSR count). The molecule has 0 aliphatic heterocycles. The third kappa shape index (κ3) is 4.03. The van der Waals surface area contributed by atoms with Gasteiger partial charge in [0.1, 0.15) is 5.75 Å². The predicted octanol–water partition coefficient (Wildman–Crippen LogP) is 2.57. The van der Waals surface area contributed by atoms with E-state index in [0.29, 0.717) is 6.61 Å². The summed E-state index contributed by atoms with van der Waals surface area (Å²) in [7, 11) is 1.70. The lowest BCUT2D eigenvalue weighted by molar-refractivity contribution is 0.184. The van der Waals surface area contributed by atoms with Crippen LogP contribution in [0.2, 0.25) is 0 Å². The zero-order valence-electron chi connectivity index (χ0n) is 8.66. The number of rotatable bonds is 6. The summed E-state index contributed by atoms with van der Waals surface area (Å²) in [5.74, 6) is 1.95. The predicted molar refractivity (Wildman–Crippen MR) is 61.0 cm³/mol. The molecule has 0 bridgehead atoms. The van der Waals surface area contributed by atoms with Crippen LogP contribution in [0, 0.1) is 0 Å². The summed E-state index contributed by atoms with van der Waals surface area (Å²) in [5.41, 5.74) is 1.15. The van der Waals surface area contributed by atoms with Gasteiger partial charge in [0.2, 0.25) is 0 Å². The van der Waals surface area contributed by atoms with Gasteiger partial charge in [-0.15, -0.1) is 0 Å². The molecule has 0 aromatic heterocycles. The van der Waals surface area contributed by atoms with Crippen LogP contribution < -0.4 is 4.74 Å². The second-order valence-corrected chi connectivity index (χ2v) is 3.91. The number of thioether (sulfide) groups is 1. The molecule has 0 radical (unpaired) electrons. The van der Waals surface area contributed by atoms with Gasteiger partial charge in [0.05, 0.1) is 13.2 Å². The average molecular weight is 212 g/mol. The zero-order chi connectivity index (χ0) is 10.2. The number of hydrogen-bond acceptors (Lipinski definition) is 3. The Bertz CT molecular complexity index is 263. The normalized spacial score (nSPS) is 10.1. The van der Waals surface area contributed by atoms with E-state index in [4.69, 9.17) is 9.47 Å². The van der Waals surface area contributed by atoms with Crippen molar-refractivity contribution in [1.82, 2.24) is 0 Å². The van der Waals surface area contributed by atoms with Crippen molar-refractivity contribution in [2.75, 3.05) is 25.7 Å². The Morgan fingerprint density at radius 2 is 2.21 bits per heavy atom. The van der Waals surface area contributed by atoms with Crippen molar-refractivity contribution in [1.29, 1.82) is 0 Å². The Labute approximate surface area is 89.6 Å². The SMILES string of the molecule is COCc1cccc(OCCSC)c1. The second kappa shape index (κ2) is 6.74. The van der Waals surface area contributed by atoms with E-state index in [9.17, 15) is 0 Å². The van der Waals surface area contributed by atoms with Crippen LogP contribution >= 0.6 is 11.8 Å². The van der Waals surface area contributed by atoms with Gasteiger partial charge < -0.3 is 9.47 Å². The molecule has 78 valence electrons. The molecule has 3 heteroatoms. The fourth-order valence-corrected chi connectivity index (χ4v) is 1.38.